The highest BCUT2D eigenvalue weighted by Gasteiger charge is 2.31. The maximum atomic E-state index is 12.6. The van der Waals surface area contributed by atoms with E-state index in [0.29, 0.717) is 29.8 Å². The molecule has 5 nitrogen and oxygen atoms in total. The van der Waals surface area contributed by atoms with E-state index in [1.165, 1.54) is 12.1 Å². The molecule has 0 aromatic heterocycles. The summed E-state index contributed by atoms with van der Waals surface area (Å²) in [4.78, 5) is 12.1. The number of fused-ring (bicyclic) bond motifs is 1. The van der Waals surface area contributed by atoms with Crippen molar-refractivity contribution in [1.82, 2.24) is 4.72 Å². The number of carboxylic acid groups (broad SMARTS) is 1. The van der Waals surface area contributed by atoms with Gasteiger partial charge in [0.05, 0.1) is 18.5 Å². The summed E-state index contributed by atoms with van der Waals surface area (Å²) in [6, 6.07) is 9.66. The maximum Gasteiger partial charge on any atom is 0.335 e. The SMILES string of the molecule is C[Si](C)(C)c1ccc2c(c1C(=O)O)CCC(NS(=O)(=O)c1ccc(Cl)cc1)C2. The fourth-order valence-corrected chi connectivity index (χ4v) is 6.71. The summed E-state index contributed by atoms with van der Waals surface area (Å²) in [5, 5.41) is 11.2. The number of benzene rings is 2. The first-order valence-electron chi connectivity index (χ1n) is 9.15. The van der Waals surface area contributed by atoms with Crippen molar-refractivity contribution < 1.29 is 18.3 Å². The number of aromatic carboxylic acids is 1. The zero-order valence-corrected chi connectivity index (χ0v) is 18.7. The second-order valence-corrected chi connectivity index (χ2v) is 15.4. The van der Waals surface area contributed by atoms with Crippen molar-refractivity contribution in [3.8, 4) is 0 Å². The second kappa shape index (κ2) is 7.63. The van der Waals surface area contributed by atoms with Crippen LogP contribution in [0.2, 0.25) is 24.7 Å². The number of carbonyl (C=O) groups is 1. The molecule has 1 aliphatic carbocycles. The highest BCUT2D eigenvalue weighted by Crippen LogP contribution is 2.27. The number of rotatable bonds is 5. The number of halogens is 1. The van der Waals surface area contributed by atoms with Gasteiger partial charge in [-0.3, -0.25) is 0 Å². The molecule has 0 radical (unpaired) electrons. The van der Waals surface area contributed by atoms with E-state index in [1.54, 1.807) is 12.1 Å². The van der Waals surface area contributed by atoms with Crippen LogP contribution in [0.5, 0.6) is 0 Å². The van der Waals surface area contributed by atoms with Crippen molar-refractivity contribution >= 4 is 40.9 Å². The normalized spacial score (nSPS) is 17.2. The number of sulfonamides is 1. The maximum absolute atomic E-state index is 12.6. The molecule has 0 saturated heterocycles. The van der Waals surface area contributed by atoms with Crippen molar-refractivity contribution in [2.75, 3.05) is 0 Å². The van der Waals surface area contributed by atoms with E-state index in [2.05, 4.69) is 24.4 Å². The topological polar surface area (TPSA) is 83.5 Å². The van der Waals surface area contributed by atoms with E-state index in [1.807, 2.05) is 12.1 Å². The van der Waals surface area contributed by atoms with Gasteiger partial charge in [-0.05, 0) is 59.8 Å². The molecular weight excluding hydrogens is 414 g/mol. The van der Waals surface area contributed by atoms with Crippen LogP contribution < -0.4 is 9.91 Å². The quantitative estimate of drug-likeness (QED) is 0.702. The Kier molecular flexibility index (Phi) is 5.73. The highest BCUT2D eigenvalue weighted by atomic mass is 35.5. The summed E-state index contributed by atoms with van der Waals surface area (Å²) in [6.07, 6.45) is 1.59. The minimum Gasteiger partial charge on any atom is -0.478 e. The van der Waals surface area contributed by atoms with E-state index >= 15 is 0 Å². The smallest absolute Gasteiger partial charge is 0.335 e. The van der Waals surface area contributed by atoms with Gasteiger partial charge in [-0.1, -0.05) is 43.4 Å². The van der Waals surface area contributed by atoms with E-state index in [4.69, 9.17) is 11.6 Å². The molecule has 1 aliphatic rings. The Bertz CT molecular complexity index is 1010. The minimum atomic E-state index is -3.66. The third-order valence-corrected chi connectivity index (χ3v) is 8.91. The lowest BCUT2D eigenvalue weighted by Gasteiger charge is -2.29. The Morgan fingerprint density at radius 2 is 1.79 bits per heavy atom. The molecule has 0 aliphatic heterocycles. The molecule has 0 spiro atoms. The second-order valence-electron chi connectivity index (χ2n) is 8.20. The molecule has 8 heteroatoms. The number of nitrogens with one attached hydrogen (secondary N) is 1. The van der Waals surface area contributed by atoms with Gasteiger partial charge in [0.1, 0.15) is 0 Å². The molecular formula is C20H24ClNO4SSi. The molecule has 0 fully saturated rings. The first kappa shape index (κ1) is 21.0. The summed E-state index contributed by atoms with van der Waals surface area (Å²) in [5.41, 5.74) is 2.19. The van der Waals surface area contributed by atoms with Crippen LogP contribution in [0.1, 0.15) is 27.9 Å². The molecule has 1 unspecified atom stereocenters. The van der Waals surface area contributed by atoms with Crippen LogP contribution in [0.15, 0.2) is 41.3 Å². The van der Waals surface area contributed by atoms with Gasteiger partial charge < -0.3 is 5.11 Å². The van der Waals surface area contributed by atoms with Crippen LogP contribution in [-0.2, 0) is 22.9 Å². The number of carboxylic acids is 1. The third kappa shape index (κ3) is 4.32. The van der Waals surface area contributed by atoms with Crippen LogP contribution in [0.4, 0.5) is 0 Å². The van der Waals surface area contributed by atoms with Crippen LogP contribution in [0.3, 0.4) is 0 Å². The van der Waals surface area contributed by atoms with Crippen LogP contribution in [-0.4, -0.2) is 33.6 Å². The van der Waals surface area contributed by atoms with Crippen LogP contribution in [0, 0.1) is 0 Å². The van der Waals surface area contributed by atoms with Gasteiger partial charge in [-0.25, -0.2) is 17.9 Å². The average molecular weight is 438 g/mol. The van der Waals surface area contributed by atoms with Crippen LogP contribution in [0.25, 0.3) is 0 Å². The molecule has 1 atom stereocenters. The van der Waals surface area contributed by atoms with Gasteiger partial charge in [0.2, 0.25) is 10.0 Å². The summed E-state index contributed by atoms with van der Waals surface area (Å²) in [7, 11) is -5.46. The lowest BCUT2D eigenvalue weighted by Crippen LogP contribution is -2.44. The lowest BCUT2D eigenvalue weighted by molar-refractivity contribution is 0.0696. The molecule has 0 bridgehead atoms. The summed E-state index contributed by atoms with van der Waals surface area (Å²) >= 11 is 5.83. The first-order valence-corrected chi connectivity index (χ1v) is 14.5. The van der Waals surface area contributed by atoms with Crippen molar-refractivity contribution in [3.05, 3.63) is 58.1 Å². The van der Waals surface area contributed by atoms with E-state index in [-0.39, 0.29) is 10.9 Å². The van der Waals surface area contributed by atoms with Gasteiger partial charge >= 0.3 is 5.97 Å². The van der Waals surface area contributed by atoms with E-state index in [0.717, 1.165) is 16.3 Å². The average Bonchev–Trinajstić information content (AvgIpc) is 2.59. The molecule has 150 valence electrons. The van der Waals surface area contributed by atoms with Crippen LogP contribution >= 0.6 is 11.6 Å². The van der Waals surface area contributed by atoms with Crippen molar-refractivity contribution in [2.24, 2.45) is 0 Å². The Hall–Kier alpha value is -1.67. The minimum absolute atomic E-state index is 0.169. The molecule has 2 N–H and O–H groups in total. The van der Waals surface area contributed by atoms with Crippen molar-refractivity contribution in [2.45, 2.75) is 49.8 Å². The molecule has 2 aromatic rings. The summed E-state index contributed by atoms with van der Waals surface area (Å²) in [6.45, 7) is 6.40. The van der Waals surface area contributed by atoms with Crippen molar-refractivity contribution in [3.63, 3.8) is 0 Å². The zero-order chi connectivity index (χ0) is 20.7. The monoisotopic (exact) mass is 437 g/mol. The molecule has 28 heavy (non-hydrogen) atoms. The molecule has 0 saturated carbocycles. The summed E-state index contributed by atoms with van der Waals surface area (Å²) < 4.78 is 28.0. The predicted molar refractivity (Wildman–Crippen MR) is 114 cm³/mol. The molecule has 2 aromatic carbocycles. The van der Waals surface area contributed by atoms with Gasteiger partial charge in [0.15, 0.2) is 0 Å². The largest absolute Gasteiger partial charge is 0.478 e. The van der Waals surface area contributed by atoms with E-state index in [9.17, 15) is 18.3 Å². The summed E-state index contributed by atoms with van der Waals surface area (Å²) in [5.74, 6) is -0.894. The first-order chi connectivity index (χ1) is 13.0. The Labute approximate surface area is 171 Å². The molecule has 0 heterocycles. The molecule has 0 amide bonds. The standard InChI is InChI=1S/C20H24ClNO4SSi/c1-28(2,3)18-11-4-13-12-15(7-10-17(13)19(18)20(23)24)22-27(25,26)16-8-5-14(21)6-9-16/h4-6,8-9,11,15,22H,7,10,12H2,1-3H3,(H,23,24). The Balaban J connectivity index is 1.88. The fourth-order valence-electron chi connectivity index (χ4n) is 3.72. The lowest BCUT2D eigenvalue weighted by atomic mass is 9.86. The highest BCUT2D eigenvalue weighted by molar-refractivity contribution is 7.89. The fraction of sp³-hybridized carbons (Fsp3) is 0.350. The number of hydrogen-bond acceptors (Lipinski definition) is 3. The Morgan fingerprint density at radius 1 is 1.14 bits per heavy atom. The Morgan fingerprint density at radius 3 is 2.36 bits per heavy atom. The van der Waals surface area contributed by atoms with Gasteiger partial charge in [-0.15, -0.1) is 0 Å². The van der Waals surface area contributed by atoms with Gasteiger partial charge in [0.25, 0.3) is 0 Å². The van der Waals surface area contributed by atoms with Gasteiger partial charge in [0, 0.05) is 11.1 Å². The predicted octanol–water partition coefficient (Wildman–Crippen LogP) is 3.42. The number of hydrogen-bond donors (Lipinski definition) is 2. The molecule has 3 rings (SSSR count). The third-order valence-electron chi connectivity index (χ3n) is 5.09. The van der Waals surface area contributed by atoms with E-state index < -0.39 is 24.1 Å². The van der Waals surface area contributed by atoms with Crippen molar-refractivity contribution in [1.29, 1.82) is 0 Å². The van der Waals surface area contributed by atoms with Gasteiger partial charge in [-0.2, -0.15) is 0 Å². The zero-order valence-electron chi connectivity index (χ0n) is 16.1.